The highest BCUT2D eigenvalue weighted by Gasteiger charge is 2.35. The van der Waals surface area contributed by atoms with E-state index in [2.05, 4.69) is 51.8 Å². The van der Waals surface area contributed by atoms with Gasteiger partial charge in [-0.05, 0) is 72.4 Å². The van der Waals surface area contributed by atoms with Crippen LogP contribution in [-0.2, 0) is 0 Å². The zero-order chi connectivity index (χ0) is 26.1. The molecule has 192 valence electrons. The summed E-state index contributed by atoms with van der Waals surface area (Å²) in [6.07, 6.45) is 7.93. The van der Waals surface area contributed by atoms with Crippen molar-refractivity contribution in [3.63, 3.8) is 0 Å². The van der Waals surface area contributed by atoms with Gasteiger partial charge in [0.2, 0.25) is 0 Å². The van der Waals surface area contributed by atoms with Crippen LogP contribution in [0, 0.1) is 12.7 Å². The number of methoxy groups -OCH3 is 1. The molecule has 38 heavy (non-hydrogen) atoms. The number of aryl methyl sites for hydroxylation is 1. The molecule has 2 aliphatic rings. The van der Waals surface area contributed by atoms with Crippen LogP contribution in [0.1, 0.15) is 47.3 Å². The molecule has 2 atom stereocenters. The van der Waals surface area contributed by atoms with Crippen molar-refractivity contribution in [2.75, 3.05) is 13.7 Å². The first-order valence-electron chi connectivity index (χ1n) is 12.9. The monoisotopic (exact) mass is 507 g/mol. The predicted molar refractivity (Wildman–Crippen MR) is 148 cm³/mol. The van der Waals surface area contributed by atoms with Crippen LogP contribution in [0.4, 0.5) is 4.39 Å². The summed E-state index contributed by atoms with van der Waals surface area (Å²) in [6.45, 7) is 2.83. The quantitative estimate of drug-likeness (QED) is 0.349. The Morgan fingerprint density at radius 2 is 1.84 bits per heavy atom. The highest BCUT2D eigenvalue weighted by Crippen LogP contribution is 2.38. The summed E-state index contributed by atoms with van der Waals surface area (Å²) in [6, 6.07) is 23.0. The molecule has 7 heteroatoms. The number of hydrazine groups is 1. The molecule has 0 bridgehead atoms. The summed E-state index contributed by atoms with van der Waals surface area (Å²) in [5.74, 6) is 1.50. The van der Waals surface area contributed by atoms with Crippen molar-refractivity contribution in [1.82, 2.24) is 20.0 Å². The fraction of sp³-hybridized carbons (Fsp3) is 0.226. The van der Waals surface area contributed by atoms with Crippen molar-refractivity contribution in [2.45, 2.75) is 31.8 Å². The van der Waals surface area contributed by atoms with E-state index in [-0.39, 0.29) is 17.9 Å². The fourth-order valence-electron chi connectivity index (χ4n) is 5.27. The van der Waals surface area contributed by atoms with E-state index in [1.54, 1.807) is 13.4 Å². The number of aromatic nitrogens is 2. The van der Waals surface area contributed by atoms with Crippen molar-refractivity contribution < 1.29 is 9.13 Å². The third kappa shape index (κ3) is 4.73. The lowest BCUT2D eigenvalue weighted by Crippen LogP contribution is -2.52. The van der Waals surface area contributed by atoms with E-state index in [4.69, 9.17) is 9.73 Å². The number of piperidine rings is 1. The Kier molecular flexibility index (Phi) is 6.52. The van der Waals surface area contributed by atoms with Gasteiger partial charge in [-0.2, -0.15) is 0 Å². The van der Waals surface area contributed by atoms with Gasteiger partial charge in [-0.15, -0.1) is 0 Å². The molecule has 6 nitrogen and oxygen atoms in total. The Hall–Kier alpha value is -4.23. The maximum Gasteiger partial charge on any atom is 0.143 e. The fourth-order valence-corrected chi connectivity index (χ4v) is 5.27. The van der Waals surface area contributed by atoms with Gasteiger partial charge in [-0.1, -0.05) is 48.5 Å². The number of rotatable bonds is 5. The van der Waals surface area contributed by atoms with Gasteiger partial charge < -0.3 is 9.30 Å². The topological polar surface area (TPSA) is 54.7 Å². The number of amidine groups is 1. The van der Waals surface area contributed by atoms with Gasteiger partial charge in [0.1, 0.15) is 17.4 Å². The predicted octanol–water partition coefficient (Wildman–Crippen LogP) is 6.21. The van der Waals surface area contributed by atoms with Crippen molar-refractivity contribution in [3.05, 3.63) is 119 Å². The van der Waals surface area contributed by atoms with Crippen LogP contribution >= 0.6 is 0 Å². The molecule has 1 saturated heterocycles. The first-order valence-corrected chi connectivity index (χ1v) is 12.9. The van der Waals surface area contributed by atoms with Gasteiger partial charge in [0.15, 0.2) is 0 Å². The van der Waals surface area contributed by atoms with E-state index in [1.807, 2.05) is 48.0 Å². The molecule has 3 heterocycles. The summed E-state index contributed by atoms with van der Waals surface area (Å²) in [4.78, 5) is 9.66. The molecule has 1 aromatic heterocycles. The molecule has 1 N–H and O–H groups in total. The van der Waals surface area contributed by atoms with Crippen LogP contribution in [0.2, 0.25) is 0 Å². The maximum atomic E-state index is 13.7. The number of ether oxygens (including phenoxy) is 1. The number of imidazole rings is 1. The van der Waals surface area contributed by atoms with Crippen LogP contribution in [-0.4, -0.2) is 34.1 Å². The number of halogens is 1. The second-order valence-corrected chi connectivity index (χ2v) is 9.74. The number of aliphatic imine (C=N–C) groups is 1. The van der Waals surface area contributed by atoms with Gasteiger partial charge in [0, 0.05) is 12.7 Å². The van der Waals surface area contributed by atoms with Crippen molar-refractivity contribution in [2.24, 2.45) is 4.99 Å². The lowest BCUT2D eigenvalue weighted by Gasteiger charge is -2.42. The summed E-state index contributed by atoms with van der Waals surface area (Å²) in [5, 5.41) is 2.16. The second kappa shape index (κ2) is 10.3. The van der Waals surface area contributed by atoms with Crippen LogP contribution < -0.4 is 10.2 Å². The Morgan fingerprint density at radius 3 is 2.58 bits per heavy atom. The number of benzene rings is 3. The van der Waals surface area contributed by atoms with Crippen LogP contribution in [0.15, 0.2) is 95.9 Å². The molecule has 0 radical (unpaired) electrons. The standard InChI is InChI=1S/C31H30FN5O/c1-21-19-36(20-33-21)27-15-10-22(18-28(27)38-2)17-25-9-6-16-37-31(25)34-29(23-7-4-3-5-8-23)30(35-37)24-11-13-26(32)14-12-24/h3-5,7-8,10-15,17-20,29-30,35H,6,9,16H2,1-2H3. The van der Waals surface area contributed by atoms with Gasteiger partial charge in [0.05, 0.1) is 36.9 Å². The van der Waals surface area contributed by atoms with E-state index < -0.39 is 0 Å². The molecule has 0 amide bonds. The van der Waals surface area contributed by atoms with Crippen LogP contribution in [0.3, 0.4) is 0 Å². The number of hydrogen-bond acceptors (Lipinski definition) is 5. The molecular weight excluding hydrogens is 477 g/mol. The van der Waals surface area contributed by atoms with Gasteiger partial charge in [-0.3, -0.25) is 10.0 Å². The first-order chi connectivity index (χ1) is 18.6. The van der Waals surface area contributed by atoms with Crippen LogP contribution in [0.25, 0.3) is 11.8 Å². The molecule has 2 aliphatic heterocycles. The average Bonchev–Trinajstić information content (AvgIpc) is 3.39. The van der Waals surface area contributed by atoms with E-state index in [0.717, 1.165) is 59.0 Å². The Bertz CT molecular complexity index is 1490. The number of hydrogen-bond donors (Lipinski definition) is 1. The Morgan fingerprint density at radius 1 is 1.03 bits per heavy atom. The van der Waals surface area contributed by atoms with Gasteiger partial charge in [-0.25, -0.2) is 14.8 Å². The summed E-state index contributed by atoms with van der Waals surface area (Å²) < 4.78 is 21.4. The molecule has 3 aromatic carbocycles. The van der Waals surface area contributed by atoms with E-state index >= 15 is 0 Å². The van der Waals surface area contributed by atoms with E-state index in [0.29, 0.717) is 0 Å². The van der Waals surface area contributed by atoms with E-state index in [1.165, 1.54) is 17.7 Å². The summed E-state index contributed by atoms with van der Waals surface area (Å²) in [5.41, 5.74) is 9.97. The molecule has 1 fully saturated rings. The second-order valence-electron chi connectivity index (χ2n) is 9.74. The third-order valence-electron chi connectivity index (χ3n) is 7.15. The summed E-state index contributed by atoms with van der Waals surface area (Å²) >= 11 is 0. The zero-order valence-corrected chi connectivity index (χ0v) is 21.5. The third-order valence-corrected chi connectivity index (χ3v) is 7.15. The molecule has 6 rings (SSSR count). The molecule has 0 saturated carbocycles. The molecule has 2 unspecified atom stereocenters. The zero-order valence-electron chi connectivity index (χ0n) is 21.5. The minimum atomic E-state index is -0.238. The SMILES string of the molecule is COc1cc(C=C2CCCN3NC(c4ccc(F)cc4)C(c4ccccc4)N=C23)ccc1-n1cnc(C)c1. The lowest BCUT2D eigenvalue weighted by atomic mass is 9.92. The number of fused-ring (bicyclic) bond motifs is 1. The van der Waals surface area contributed by atoms with Crippen LogP contribution in [0.5, 0.6) is 5.75 Å². The normalized spacial score (nSPS) is 20.2. The summed E-state index contributed by atoms with van der Waals surface area (Å²) in [7, 11) is 1.69. The van der Waals surface area contributed by atoms with Crippen molar-refractivity contribution >= 4 is 11.9 Å². The minimum absolute atomic E-state index is 0.0980. The smallest absolute Gasteiger partial charge is 0.143 e. The Labute approximate surface area is 222 Å². The van der Waals surface area contributed by atoms with Crippen molar-refractivity contribution in [1.29, 1.82) is 0 Å². The van der Waals surface area contributed by atoms with Gasteiger partial charge >= 0.3 is 0 Å². The molecule has 4 aromatic rings. The molecular formula is C31H30FN5O. The highest BCUT2D eigenvalue weighted by molar-refractivity contribution is 6.03. The maximum absolute atomic E-state index is 13.7. The molecule has 0 spiro atoms. The van der Waals surface area contributed by atoms with Gasteiger partial charge in [0.25, 0.3) is 0 Å². The lowest BCUT2D eigenvalue weighted by molar-refractivity contribution is 0.206. The number of nitrogens with zero attached hydrogens (tertiary/aromatic N) is 4. The minimum Gasteiger partial charge on any atom is -0.495 e. The Balaban J connectivity index is 1.39. The highest BCUT2D eigenvalue weighted by atomic mass is 19.1. The average molecular weight is 508 g/mol. The van der Waals surface area contributed by atoms with Crippen molar-refractivity contribution in [3.8, 4) is 11.4 Å². The van der Waals surface area contributed by atoms with E-state index in [9.17, 15) is 4.39 Å². The largest absolute Gasteiger partial charge is 0.495 e. The molecule has 0 aliphatic carbocycles. The first kappa shape index (κ1) is 24.1. The number of nitrogens with one attached hydrogen (secondary N) is 1.